The van der Waals surface area contributed by atoms with Gasteiger partial charge in [-0.2, -0.15) is 0 Å². The molecule has 9 nitrogen and oxygen atoms in total. The normalized spacial score (nSPS) is 17.0. The third kappa shape index (κ3) is 6.97. The highest BCUT2D eigenvalue weighted by atomic mass is 16.5. The first-order valence-corrected chi connectivity index (χ1v) is 9.99. The van der Waals surface area contributed by atoms with Crippen LogP contribution in [0.3, 0.4) is 0 Å². The highest BCUT2D eigenvalue weighted by molar-refractivity contribution is 5.91. The van der Waals surface area contributed by atoms with Crippen LogP contribution in [0.15, 0.2) is 33.5 Å². The molecule has 0 radical (unpaired) electrons. The molecule has 160 valence electrons. The smallest absolute Gasteiger partial charge is 0.273 e. The first kappa shape index (κ1) is 21.5. The summed E-state index contributed by atoms with van der Waals surface area (Å²) in [6.45, 7) is 9.16. The molecule has 2 aromatic rings. The van der Waals surface area contributed by atoms with Gasteiger partial charge in [0, 0.05) is 32.7 Å². The van der Waals surface area contributed by atoms with E-state index in [-0.39, 0.29) is 17.7 Å². The fourth-order valence-electron chi connectivity index (χ4n) is 3.13. The number of oxazole rings is 1. The minimum Gasteiger partial charge on any atom is -0.467 e. The zero-order valence-corrected chi connectivity index (χ0v) is 17.0. The Bertz CT molecular complexity index is 738. The topological polar surface area (TPSA) is 104 Å². The summed E-state index contributed by atoms with van der Waals surface area (Å²) < 4.78 is 16.1. The Balaban J connectivity index is 1.38. The lowest BCUT2D eigenvalue weighted by molar-refractivity contribution is -0.0151. The zero-order valence-electron chi connectivity index (χ0n) is 17.0. The van der Waals surface area contributed by atoms with Crippen LogP contribution in [0.4, 0.5) is 0 Å². The number of piperazine rings is 1. The maximum Gasteiger partial charge on any atom is 0.273 e. The fourth-order valence-corrected chi connectivity index (χ4v) is 3.13. The van der Waals surface area contributed by atoms with Crippen molar-refractivity contribution in [1.82, 2.24) is 20.1 Å². The highest BCUT2D eigenvalue weighted by Gasteiger charge is 2.21. The van der Waals surface area contributed by atoms with Gasteiger partial charge in [-0.3, -0.25) is 14.6 Å². The molecule has 2 N–H and O–H groups in total. The first-order valence-electron chi connectivity index (χ1n) is 9.99. The largest absolute Gasteiger partial charge is 0.467 e. The molecule has 2 aromatic heterocycles. The Morgan fingerprint density at radius 3 is 2.72 bits per heavy atom. The van der Waals surface area contributed by atoms with Crippen LogP contribution in [-0.4, -0.2) is 77.3 Å². The number of β-amino-alcohol motifs (C(OH)–C–C–N with tert-alkyl or cyclic N) is 1. The third-order valence-corrected chi connectivity index (χ3v) is 4.70. The summed E-state index contributed by atoms with van der Waals surface area (Å²) in [6.07, 6.45) is 2.60. The molecule has 1 fully saturated rings. The van der Waals surface area contributed by atoms with Gasteiger partial charge in [0.05, 0.1) is 38.2 Å². The first-order chi connectivity index (χ1) is 14.0. The van der Waals surface area contributed by atoms with E-state index in [2.05, 4.69) is 20.1 Å². The van der Waals surface area contributed by atoms with Crippen molar-refractivity contribution in [2.45, 2.75) is 39.1 Å². The number of aromatic nitrogens is 1. The molecule has 0 aromatic carbocycles. The summed E-state index contributed by atoms with van der Waals surface area (Å²) in [4.78, 5) is 20.9. The van der Waals surface area contributed by atoms with E-state index in [9.17, 15) is 9.90 Å². The molecular formula is C20H30N4O5. The average molecular weight is 406 g/mol. The van der Waals surface area contributed by atoms with Crippen LogP contribution >= 0.6 is 0 Å². The van der Waals surface area contributed by atoms with E-state index in [4.69, 9.17) is 13.6 Å². The van der Waals surface area contributed by atoms with Gasteiger partial charge in [-0.15, -0.1) is 0 Å². The van der Waals surface area contributed by atoms with Crippen molar-refractivity contribution < 1.29 is 23.5 Å². The van der Waals surface area contributed by atoms with E-state index >= 15 is 0 Å². The maximum absolute atomic E-state index is 12.2. The van der Waals surface area contributed by atoms with Crippen molar-refractivity contribution in [3.05, 3.63) is 42.0 Å². The van der Waals surface area contributed by atoms with Gasteiger partial charge in [-0.25, -0.2) is 4.98 Å². The number of ether oxygens (including phenoxy) is 1. The Morgan fingerprint density at radius 2 is 2.03 bits per heavy atom. The molecule has 0 bridgehead atoms. The summed E-state index contributed by atoms with van der Waals surface area (Å²) >= 11 is 0. The van der Waals surface area contributed by atoms with E-state index in [1.807, 2.05) is 13.8 Å². The number of hydrogen-bond acceptors (Lipinski definition) is 8. The van der Waals surface area contributed by atoms with E-state index in [1.165, 1.54) is 6.26 Å². The number of hydrogen-bond donors (Lipinski definition) is 2. The van der Waals surface area contributed by atoms with Crippen molar-refractivity contribution in [2.75, 3.05) is 39.3 Å². The monoisotopic (exact) mass is 406 g/mol. The van der Waals surface area contributed by atoms with Gasteiger partial charge in [-0.05, 0) is 26.0 Å². The third-order valence-electron chi connectivity index (χ3n) is 4.70. The second-order valence-corrected chi connectivity index (χ2v) is 7.50. The SMILES string of the molecule is CC(C)OC[C@H](O)CN1CCN(Cc2nc(C(=O)NCc3ccco3)co2)CC1. The molecule has 0 spiro atoms. The molecule has 1 aliphatic heterocycles. The van der Waals surface area contributed by atoms with Crippen LogP contribution in [0.25, 0.3) is 0 Å². The lowest BCUT2D eigenvalue weighted by Crippen LogP contribution is -2.48. The molecule has 0 aliphatic carbocycles. The molecule has 3 heterocycles. The molecule has 3 rings (SSSR count). The van der Waals surface area contributed by atoms with Crippen molar-refractivity contribution in [1.29, 1.82) is 0 Å². The van der Waals surface area contributed by atoms with Crippen LogP contribution in [0.1, 0.15) is 36.0 Å². The molecule has 1 amide bonds. The number of aliphatic hydroxyl groups is 1. The number of rotatable bonds is 10. The minimum atomic E-state index is -0.474. The molecular weight excluding hydrogens is 376 g/mol. The minimum absolute atomic E-state index is 0.124. The van der Waals surface area contributed by atoms with E-state index in [1.54, 1.807) is 18.4 Å². The standard InChI is InChI=1S/C20H30N4O5/c1-15(2)28-13-16(25)11-23-5-7-24(8-6-23)12-19-22-18(14-29-19)20(26)21-10-17-4-3-9-27-17/h3-4,9,14-16,25H,5-8,10-13H2,1-2H3,(H,21,26)/t16-/m1/s1. The number of carbonyl (C=O) groups is 1. The summed E-state index contributed by atoms with van der Waals surface area (Å²) in [5.41, 5.74) is 0.262. The average Bonchev–Trinajstić information content (AvgIpc) is 3.38. The van der Waals surface area contributed by atoms with Crippen LogP contribution in [-0.2, 0) is 17.8 Å². The van der Waals surface area contributed by atoms with Gasteiger partial charge in [0.15, 0.2) is 5.69 Å². The quantitative estimate of drug-likeness (QED) is 0.605. The fraction of sp³-hybridized carbons (Fsp3) is 0.600. The Kier molecular flexibility index (Phi) is 7.82. The van der Waals surface area contributed by atoms with Crippen LogP contribution in [0.2, 0.25) is 0 Å². The van der Waals surface area contributed by atoms with Gasteiger partial charge in [0.2, 0.25) is 5.89 Å². The molecule has 1 aliphatic rings. The van der Waals surface area contributed by atoms with Gasteiger partial charge in [0.25, 0.3) is 5.91 Å². The van der Waals surface area contributed by atoms with E-state index in [0.29, 0.717) is 37.9 Å². The predicted octanol–water partition coefficient (Wildman–Crippen LogP) is 1.10. The molecule has 1 atom stereocenters. The Hall–Kier alpha value is -2.20. The number of nitrogens with zero attached hydrogens (tertiary/aromatic N) is 3. The molecule has 0 saturated carbocycles. The van der Waals surface area contributed by atoms with Gasteiger partial charge in [0.1, 0.15) is 12.0 Å². The van der Waals surface area contributed by atoms with Crippen molar-refractivity contribution in [3.63, 3.8) is 0 Å². The maximum atomic E-state index is 12.2. The molecule has 9 heteroatoms. The van der Waals surface area contributed by atoms with Crippen LogP contribution in [0, 0.1) is 0 Å². The highest BCUT2D eigenvalue weighted by Crippen LogP contribution is 2.10. The van der Waals surface area contributed by atoms with Crippen molar-refractivity contribution in [2.24, 2.45) is 0 Å². The molecule has 1 saturated heterocycles. The van der Waals surface area contributed by atoms with Gasteiger partial charge < -0.3 is 24.0 Å². The predicted molar refractivity (Wildman–Crippen MR) is 105 cm³/mol. The summed E-state index contributed by atoms with van der Waals surface area (Å²) in [5, 5.41) is 12.8. The second kappa shape index (κ2) is 10.5. The number of aliphatic hydroxyl groups excluding tert-OH is 1. The van der Waals surface area contributed by atoms with E-state index in [0.717, 1.165) is 26.2 Å². The lowest BCUT2D eigenvalue weighted by Gasteiger charge is -2.35. The summed E-state index contributed by atoms with van der Waals surface area (Å²) in [5.74, 6) is 0.909. The van der Waals surface area contributed by atoms with Crippen molar-refractivity contribution in [3.8, 4) is 0 Å². The zero-order chi connectivity index (χ0) is 20.6. The van der Waals surface area contributed by atoms with Gasteiger partial charge >= 0.3 is 0 Å². The molecule has 29 heavy (non-hydrogen) atoms. The Morgan fingerprint density at radius 1 is 1.28 bits per heavy atom. The number of nitrogens with one attached hydrogen (secondary N) is 1. The van der Waals surface area contributed by atoms with Gasteiger partial charge in [-0.1, -0.05) is 0 Å². The Labute approximate surface area is 170 Å². The second-order valence-electron chi connectivity index (χ2n) is 7.50. The van der Waals surface area contributed by atoms with Crippen molar-refractivity contribution >= 4 is 5.91 Å². The van der Waals surface area contributed by atoms with Crippen LogP contribution < -0.4 is 5.32 Å². The number of carbonyl (C=O) groups excluding carboxylic acids is 1. The summed E-state index contributed by atoms with van der Waals surface area (Å²) in [7, 11) is 0. The lowest BCUT2D eigenvalue weighted by atomic mass is 10.2. The number of furan rings is 1. The van der Waals surface area contributed by atoms with E-state index < -0.39 is 6.10 Å². The molecule has 0 unspecified atom stereocenters. The summed E-state index contributed by atoms with van der Waals surface area (Å²) in [6, 6.07) is 3.57. The van der Waals surface area contributed by atoms with Crippen LogP contribution in [0.5, 0.6) is 0 Å². The number of amides is 1.